The molecule has 2 N–H and O–H groups in total. The number of anilines is 1. The van der Waals surface area contributed by atoms with Crippen molar-refractivity contribution >= 4 is 29.0 Å². The van der Waals surface area contributed by atoms with Gasteiger partial charge in [-0.3, -0.25) is 14.9 Å². The van der Waals surface area contributed by atoms with E-state index in [1.165, 1.54) is 4.88 Å². The molecule has 0 radical (unpaired) electrons. The minimum atomic E-state index is -0.764. The van der Waals surface area contributed by atoms with E-state index in [9.17, 15) is 9.59 Å². The van der Waals surface area contributed by atoms with Crippen molar-refractivity contribution in [3.8, 4) is 0 Å². The molecule has 0 saturated heterocycles. The van der Waals surface area contributed by atoms with Gasteiger partial charge in [-0.05, 0) is 39.3 Å². The number of carbonyl (C=O) groups excluding carboxylic acids is 2. The molecule has 2 amide bonds. The highest BCUT2D eigenvalue weighted by Crippen LogP contribution is 2.26. The van der Waals surface area contributed by atoms with Gasteiger partial charge in [-0.15, -0.1) is 11.3 Å². The van der Waals surface area contributed by atoms with Crippen molar-refractivity contribution in [2.24, 2.45) is 0 Å². The largest absolute Gasteiger partial charge is 0.360 e. The van der Waals surface area contributed by atoms with Gasteiger partial charge in [-0.25, -0.2) is 0 Å². The summed E-state index contributed by atoms with van der Waals surface area (Å²) < 4.78 is 4.82. The van der Waals surface area contributed by atoms with Crippen LogP contribution in [0.4, 0.5) is 5.82 Å². The summed E-state index contributed by atoms with van der Waals surface area (Å²) in [4.78, 5) is 26.0. The smallest absolute Gasteiger partial charge is 0.314 e. The fourth-order valence-electron chi connectivity index (χ4n) is 2.02. The molecule has 0 bridgehead atoms. The normalized spacial score (nSPS) is 12.0. The highest BCUT2D eigenvalue weighted by Gasteiger charge is 2.20. The summed E-state index contributed by atoms with van der Waals surface area (Å²) in [6.07, 6.45) is 0. The molecule has 2 rings (SSSR count). The van der Waals surface area contributed by atoms with Gasteiger partial charge in [0, 0.05) is 15.8 Å². The monoisotopic (exact) mass is 307 g/mol. The summed E-state index contributed by atoms with van der Waals surface area (Å²) in [5.74, 6) is -0.683. The maximum Gasteiger partial charge on any atom is 0.314 e. The van der Waals surface area contributed by atoms with Crippen LogP contribution in [0.25, 0.3) is 0 Å². The third-order valence-corrected chi connectivity index (χ3v) is 3.95. The summed E-state index contributed by atoms with van der Waals surface area (Å²) >= 11 is 1.66. The number of aromatic nitrogens is 1. The van der Waals surface area contributed by atoms with Crippen LogP contribution >= 0.6 is 11.3 Å². The van der Waals surface area contributed by atoms with Gasteiger partial charge in [0.1, 0.15) is 5.76 Å². The first-order chi connectivity index (χ1) is 9.86. The van der Waals surface area contributed by atoms with E-state index in [-0.39, 0.29) is 11.9 Å². The molecular formula is C14H17N3O3S. The number of thiophene rings is 1. The minimum absolute atomic E-state index is 0.225. The Bertz CT molecular complexity index is 675. The van der Waals surface area contributed by atoms with Crippen LogP contribution in [0.15, 0.2) is 16.7 Å². The minimum Gasteiger partial charge on any atom is -0.360 e. The van der Waals surface area contributed by atoms with Crippen molar-refractivity contribution in [2.75, 3.05) is 5.32 Å². The first kappa shape index (κ1) is 15.2. The van der Waals surface area contributed by atoms with Crippen LogP contribution in [0, 0.1) is 20.8 Å². The number of aryl methyl sites for hydroxylation is 3. The van der Waals surface area contributed by atoms with E-state index in [2.05, 4.69) is 15.8 Å². The lowest BCUT2D eigenvalue weighted by atomic mass is 10.1. The molecule has 0 aliphatic carbocycles. The number of nitrogens with zero attached hydrogens (tertiary/aromatic N) is 1. The molecule has 1 atom stereocenters. The Labute approximate surface area is 126 Å². The van der Waals surface area contributed by atoms with Crippen molar-refractivity contribution in [3.05, 3.63) is 33.2 Å². The van der Waals surface area contributed by atoms with Crippen molar-refractivity contribution in [1.82, 2.24) is 10.5 Å². The predicted molar refractivity (Wildman–Crippen MR) is 80.2 cm³/mol. The molecular weight excluding hydrogens is 290 g/mol. The molecule has 0 aliphatic heterocycles. The lowest BCUT2D eigenvalue weighted by Gasteiger charge is -2.13. The number of rotatable bonds is 3. The first-order valence-corrected chi connectivity index (χ1v) is 7.30. The number of amides is 2. The Morgan fingerprint density at radius 1 is 1.24 bits per heavy atom. The van der Waals surface area contributed by atoms with Crippen LogP contribution in [-0.2, 0) is 9.59 Å². The van der Waals surface area contributed by atoms with Crippen molar-refractivity contribution in [1.29, 1.82) is 0 Å². The van der Waals surface area contributed by atoms with Gasteiger partial charge in [0.05, 0.1) is 6.04 Å². The average Bonchev–Trinajstić information content (AvgIpc) is 2.95. The second-order valence-electron chi connectivity index (χ2n) is 4.84. The molecule has 0 saturated carbocycles. The summed E-state index contributed by atoms with van der Waals surface area (Å²) in [5.41, 5.74) is 1.02. The quantitative estimate of drug-likeness (QED) is 0.853. The topological polar surface area (TPSA) is 84.2 Å². The van der Waals surface area contributed by atoms with Gasteiger partial charge in [0.2, 0.25) is 0 Å². The van der Waals surface area contributed by atoms with Gasteiger partial charge < -0.3 is 9.84 Å². The van der Waals surface area contributed by atoms with Crippen molar-refractivity contribution < 1.29 is 14.1 Å². The van der Waals surface area contributed by atoms with Crippen LogP contribution in [0.2, 0.25) is 0 Å². The Balaban J connectivity index is 1.97. The highest BCUT2D eigenvalue weighted by atomic mass is 32.1. The van der Waals surface area contributed by atoms with Crippen molar-refractivity contribution in [2.45, 2.75) is 33.7 Å². The number of hydrogen-bond donors (Lipinski definition) is 2. The summed E-state index contributed by atoms with van der Waals surface area (Å²) in [5, 5.41) is 8.67. The van der Waals surface area contributed by atoms with Gasteiger partial charge in [-0.2, -0.15) is 0 Å². The van der Waals surface area contributed by atoms with Gasteiger partial charge in [0.25, 0.3) is 0 Å². The van der Waals surface area contributed by atoms with Gasteiger partial charge >= 0.3 is 11.8 Å². The molecule has 0 fully saturated rings. The Kier molecular flexibility index (Phi) is 4.42. The lowest BCUT2D eigenvalue weighted by Crippen LogP contribution is -2.37. The fourth-order valence-corrected chi connectivity index (χ4v) is 3.04. The Morgan fingerprint density at radius 2 is 1.95 bits per heavy atom. The van der Waals surface area contributed by atoms with E-state index in [1.54, 1.807) is 24.3 Å². The van der Waals surface area contributed by atoms with Crippen LogP contribution in [0.5, 0.6) is 0 Å². The molecule has 0 aromatic carbocycles. The number of nitrogens with one attached hydrogen (secondary N) is 2. The number of hydrogen-bond acceptors (Lipinski definition) is 5. The van der Waals surface area contributed by atoms with Gasteiger partial charge in [0.15, 0.2) is 5.82 Å². The number of carbonyl (C=O) groups is 2. The molecule has 1 unspecified atom stereocenters. The maximum atomic E-state index is 11.9. The average molecular weight is 307 g/mol. The molecule has 2 aromatic heterocycles. The van der Waals surface area contributed by atoms with Gasteiger partial charge in [-0.1, -0.05) is 5.16 Å². The lowest BCUT2D eigenvalue weighted by molar-refractivity contribution is -0.136. The van der Waals surface area contributed by atoms with E-state index in [0.29, 0.717) is 5.76 Å². The molecule has 2 aromatic rings. The zero-order valence-corrected chi connectivity index (χ0v) is 13.1. The summed E-state index contributed by atoms with van der Waals surface area (Å²) in [7, 11) is 0. The molecule has 6 nitrogen and oxygen atoms in total. The van der Waals surface area contributed by atoms with Crippen LogP contribution in [0.3, 0.4) is 0 Å². The molecule has 112 valence electrons. The fraction of sp³-hybridized carbons (Fsp3) is 0.357. The van der Waals surface area contributed by atoms with E-state index in [4.69, 9.17) is 4.52 Å². The molecule has 2 heterocycles. The third kappa shape index (κ3) is 3.69. The standard InChI is InChI=1S/C14H17N3O3S/c1-7-5-12(17-20-7)16-14(19)13(18)15-9(3)11-6-8(2)21-10(11)4/h5-6,9H,1-4H3,(H,15,18)(H,16,17,19). The predicted octanol–water partition coefficient (Wildman–Crippen LogP) is 2.48. The van der Waals surface area contributed by atoms with E-state index in [1.807, 2.05) is 26.8 Å². The Morgan fingerprint density at radius 3 is 2.48 bits per heavy atom. The summed E-state index contributed by atoms with van der Waals surface area (Å²) in [6.45, 7) is 7.55. The van der Waals surface area contributed by atoms with E-state index < -0.39 is 11.8 Å². The van der Waals surface area contributed by atoms with Crippen LogP contribution < -0.4 is 10.6 Å². The summed E-state index contributed by atoms with van der Waals surface area (Å²) in [6, 6.07) is 3.33. The van der Waals surface area contributed by atoms with Crippen LogP contribution in [0.1, 0.15) is 34.0 Å². The zero-order chi connectivity index (χ0) is 15.6. The molecule has 7 heteroatoms. The third-order valence-electron chi connectivity index (χ3n) is 2.97. The van der Waals surface area contributed by atoms with Crippen LogP contribution in [-0.4, -0.2) is 17.0 Å². The zero-order valence-electron chi connectivity index (χ0n) is 12.3. The van der Waals surface area contributed by atoms with E-state index >= 15 is 0 Å². The Hall–Kier alpha value is -2.15. The molecule has 21 heavy (non-hydrogen) atoms. The molecule has 0 spiro atoms. The maximum absolute atomic E-state index is 11.9. The SMILES string of the molecule is Cc1cc(NC(=O)C(=O)NC(C)c2cc(C)sc2C)no1. The first-order valence-electron chi connectivity index (χ1n) is 6.49. The second-order valence-corrected chi connectivity index (χ2v) is 6.30. The van der Waals surface area contributed by atoms with E-state index in [0.717, 1.165) is 10.4 Å². The second kappa shape index (κ2) is 6.09. The highest BCUT2D eigenvalue weighted by molar-refractivity contribution is 7.12. The van der Waals surface area contributed by atoms with Crippen molar-refractivity contribution in [3.63, 3.8) is 0 Å². The molecule has 0 aliphatic rings.